The molecule has 7 atom stereocenters. The van der Waals surface area contributed by atoms with Crippen LogP contribution in [0.4, 0.5) is 0 Å². The number of rotatable bonds is 12. The zero-order chi connectivity index (χ0) is 26.3. The summed E-state index contributed by atoms with van der Waals surface area (Å²) in [5.74, 6) is 2.39. The molecule has 4 aliphatic rings. The zero-order valence-electron chi connectivity index (χ0n) is 23.8. The second kappa shape index (κ2) is 14.6. The fourth-order valence-corrected chi connectivity index (χ4v) is 8.15. The number of nitrogens with zero attached hydrogens (tertiary/aromatic N) is 1. The van der Waals surface area contributed by atoms with Crippen LogP contribution in [0.1, 0.15) is 84.0 Å². The molecule has 0 bridgehead atoms. The lowest BCUT2D eigenvalue weighted by Crippen LogP contribution is -2.47. The second-order valence-corrected chi connectivity index (χ2v) is 13.5. The predicted octanol–water partition coefficient (Wildman–Crippen LogP) is 4.85. The number of alkyl halides is 1. The van der Waals surface area contributed by atoms with E-state index < -0.39 is 5.60 Å². The van der Waals surface area contributed by atoms with E-state index in [1.54, 1.807) is 7.11 Å². The van der Waals surface area contributed by atoms with E-state index in [1.807, 2.05) is 0 Å². The van der Waals surface area contributed by atoms with Crippen molar-refractivity contribution < 1.29 is 19.3 Å². The predicted molar refractivity (Wildman–Crippen MR) is 150 cm³/mol. The van der Waals surface area contributed by atoms with Crippen LogP contribution in [0, 0.1) is 23.7 Å². The number of hydrogen-bond donors (Lipinski definition) is 2. The third-order valence-electron chi connectivity index (χ3n) is 10.3. The molecule has 2 aliphatic carbocycles. The van der Waals surface area contributed by atoms with Crippen molar-refractivity contribution in [3.05, 3.63) is 0 Å². The van der Waals surface area contributed by atoms with E-state index in [4.69, 9.17) is 25.8 Å². The van der Waals surface area contributed by atoms with Crippen molar-refractivity contribution in [1.82, 2.24) is 10.2 Å². The van der Waals surface area contributed by atoms with Crippen LogP contribution in [0.25, 0.3) is 0 Å². The van der Waals surface area contributed by atoms with Crippen molar-refractivity contribution in [2.75, 3.05) is 53.6 Å². The third kappa shape index (κ3) is 8.52. The maximum absolute atomic E-state index is 11.2. The van der Waals surface area contributed by atoms with Crippen LogP contribution in [-0.2, 0) is 14.2 Å². The Morgan fingerprint density at radius 2 is 1.86 bits per heavy atom. The van der Waals surface area contributed by atoms with Crippen molar-refractivity contribution in [1.29, 1.82) is 0 Å². The number of nitrogens with one attached hydrogen (secondary N) is 1. The smallest absolute Gasteiger partial charge is 0.0704 e. The lowest BCUT2D eigenvalue weighted by atomic mass is 9.67. The Hall–Kier alpha value is 0.0500. The summed E-state index contributed by atoms with van der Waals surface area (Å²) in [4.78, 5) is 2.44. The first kappa shape index (κ1) is 30.0. The minimum atomic E-state index is -0.585. The van der Waals surface area contributed by atoms with Gasteiger partial charge >= 0.3 is 0 Å². The van der Waals surface area contributed by atoms with E-state index in [0.29, 0.717) is 60.5 Å². The molecule has 0 aromatic heterocycles. The SMILES string of the molecule is COCCO[C@H]1CCC2OC[C@H]3NCCCC3C(CCCN(C)CCC(C)(O)C3CCC(Cl)CC3)C2C1. The van der Waals surface area contributed by atoms with Crippen LogP contribution in [0.3, 0.4) is 0 Å². The maximum atomic E-state index is 11.2. The van der Waals surface area contributed by atoms with E-state index >= 15 is 0 Å². The monoisotopic (exact) mass is 542 g/mol. The number of methoxy groups -OCH3 is 1. The van der Waals surface area contributed by atoms with E-state index in [9.17, 15) is 5.11 Å². The Kier molecular flexibility index (Phi) is 11.9. The summed E-state index contributed by atoms with van der Waals surface area (Å²) in [5, 5.41) is 15.3. The molecule has 2 saturated heterocycles. The fourth-order valence-electron chi connectivity index (χ4n) is 7.89. The molecule has 2 aliphatic heterocycles. The first-order valence-electron chi connectivity index (χ1n) is 15.4. The van der Waals surface area contributed by atoms with Crippen LogP contribution in [-0.4, -0.2) is 92.8 Å². The van der Waals surface area contributed by atoms with Gasteiger partial charge in [0.25, 0.3) is 0 Å². The molecule has 2 saturated carbocycles. The highest BCUT2D eigenvalue weighted by Gasteiger charge is 2.45. The zero-order valence-corrected chi connectivity index (χ0v) is 24.6. The van der Waals surface area contributed by atoms with E-state index in [1.165, 1.54) is 25.7 Å². The van der Waals surface area contributed by atoms with Crippen LogP contribution < -0.4 is 5.32 Å². The molecule has 0 amide bonds. The molecule has 6 nitrogen and oxygen atoms in total. The first-order valence-corrected chi connectivity index (χ1v) is 15.8. The molecule has 0 spiro atoms. The van der Waals surface area contributed by atoms with Crippen LogP contribution in [0.15, 0.2) is 0 Å². The van der Waals surface area contributed by atoms with Crippen molar-refractivity contribution in [2.45, 2.75) is 113 Å². The lowest BCUT2D eigenvalue weighted by Gasteiger charge is -2.42. The van der Waals surface area contributed by atoms with Gasteiger partial charge in [0.2, 0.25) is 0 Å². The first-order chi connectivity index (χ1) is 17.9. The normalized spacial score (nSPS) is 38.4. The van der Waals surface area contributed by atoms with Gasteiger partial charge in [-0.15, -0.1) is 11.6 Å². The van der Waals surface area contributed by atoms with Crippen LogP contribution >= 0.6 is 11.6 Å². The summed E-state index contributed by atoms with van der Waals surface area (Å²) in [6, 6.07) is 0.508. The molecule has 216 valence electrons. The Balaban J connectivity index is 1.29. The van der Waals surface area contributed by atoms with Gasteiger partial charge in [-0.1, -0.05) is 0 Å². The second-order valence-electron chi connectivity index (χ2n) is 12.9. The topological polar surface area (TPSA) is 63.2 Å². The van der Waals surface area contributed by atoms with Gasteiger partial charge in [0, 0.05) is 25.1 Å². The third-order valence-corrected chi connectivity index (χ3v) is 10.7. The molecule has 0 aromatic rings. The molecule has 2 N–H and O–H groups in total. The largest absolute Gasteiger partial charge is 0.390 e. The highest BCUT2D eigenvalue weighted by molar-refractivity contribution is 6.20. The van der Waals surface area contributed by atoms with Crippen LogP contribution in [0.2, 0.25) is 0 Å². The summed E-state index contributed by atoms with van der Waals surface area (Å²) in [6.45, 7) is 7.47. The molecule has 7 heteroatoms. The molecular formula is C30H55ClN2O4. The number of fused-ring (bicyclic) bond motifs is 2. The van der Waals surface area contributed by atoms with Gasteiger partial charge < -0.3 is 29.5 Å². The van der Waals surface area contributed by atoms with Gasteiger partial charge in [-0.3, -0.25) is 0 Å². The van der Waals surface area contributed by atoms with Crippen LogP contribution in [0.5, 0.6) is 0 Å². The Morgan fingerprint density at radius 1 is 1.05 bits per heavy atom. The summed E-state index contributed by atoms with van der Waals surface area (Å²) in [7, 11) is 3.98. The number of halogens is 1. The number of piperidine rings is 1. The van der Waals surface area contributed by atoms with E-state index in [0.717, 1.165) is 77.6 Å². The number of ether oxygens (including phenoxy) is 3. The summed E-state index contributed by atoms with van der Waals surface area (Å²) in [6.07, 6.45) is 14.2. The Morgan fingerprint density at radius 3 is 2.65 bits per heavy atom. The molecule has 2 heterocycles. The number of aliphatic hydroxyl groups is 1. The van der Waals surface area contributed by atoms with Gasteiger partial charge in [-0.05, 0) is 128 Å². The Bertz CT molecular complexity index is 659. The quantitative estimate of drug-likeness (QED) is 0.271. The fraction of sp³-hybridized carbons (Fsp3) is 1.00. The summed E-state index contributed by atoms with van der Waals surface area (Å²) < 4.78 is 18.0. The highest BCUT2D eigenvalue weighted by atomic mass is 35.5. The Labute approximate surface area is 231 Å². The maximum Gasteiger partial charge on any atom is 0.0704 e. The van der Waals surface area contributed by atoms with Crippen molar-refractivity contribution in [3.8, 4) is 0 Å². The standard InChI is InChI=1S/C30H55ClN2O4/c1-30(34,22-8-10-23(31)11-9-22)14-17-33(2)16-5-7-25-26-6-4-15-32-28(26)21-37-29-13-12-24(20-27(25)29)36-19-18-35-3/h22-29,32,34H,4-21H2,1-3H3/t22?,23?,24-,25?,26?,27?,28+,29?,30?/m0/s1. The lowest BCUT2D eigenvalue weighted by molar-refractivity contribution is -0.0771. The van der Waals surface area contributed by atoms with E-state index in [-0.39, 0.29) is 0 Å². The van der Waals surface area contributed by atoms with Gasteiger partial charge in [0.05, 0.1) is 37.6 Å². The minimum absolute atomic E-state index is 0.305. The van der Waals surface area contributed by atoms with Crippen molar-refractivity contribution in [2.24, 2.45) is 23.7 Å². The molecule has 37 heavy (non-hydrogen) atoms. The molecule has 0 radical (unpaired) electrons. The summed E-state index contributed by atoms with van der Waals surface area (Å²) >= 11 is 6.30. The molecule has 4 fully saturated rings. The highest BCUT2D eigenvalue weighted by Crippen LogP contribution is 2.45. The average molecular weight is 543 g/mol. The van der Waals surface area contributed by atoms with Gasteiger partial charge in [0.15, 0.2) is 0 Å². The number of hydrogen-bond acceptors (Lipinski definition) is 6. The molecule has 0 aromatic carbocycles. The molecule has 5 unspecified atom stereocenters. The van der Waals surface area contributed by atoms with Gasteiger partial charge in [0.1, 0.15) is 0 Å². The van der Waals surface area contributed by atoms with Crippen molar-refractivity contribution in [3.63, 3.8) is 0 Å². The summed E-state index contributed by atoms with van der Waals surface area (Å²) in [5.41, 5.74) is -0.585. The van der Waals surface area contributed by atoms with E-state index in [2.05, 4.69) is 24.2 Å². The van der Waals surface area contributed by atoms with Gasteiger partial charge in [-0.25, -0.2) is 0 Å². The minimum Gasteiger partial charge on any atom is -0.390 e. The average Bonchev–Trinajstić information content (AvgIpc) is 3.05. The molecular weight excluding hydrogens is 488 g/mol. The van der Waals surface area contributed by atoms with Crippen molar-refractivity contribution >= 4 is 11.6 Å². The molecule has 4 rings (SSSR count). The van der Waals surface area contributed by atoms with Gasteiger partial charge in [-0.2, -0.15) is 0 Å².